The molecule has 4 nitrogen and oxygen atoms in total. The van der Waals surface area contributed by atoms with E-state index in [9.17, 15) is 13.5 Å². The first-order valence-corrected chi connectivity index (χ1v) is 7.67. The van der Waals surface area contributed by atoms with Crippen LogP contribution in [-0.4, -0.2) is 26.2 Å². The number of hydrogen-bond acceptors (Lipinski definition) is 3. The van der Waals surface area contributed by atoms with E-state index in [-0.39, 0.29) is 11.4 Å². The van der Waals surface area contributed by atoms with E-state index in [1.165, 1.54) is 6.07 Å². The monoisotopic (exact) mass is 291 g/mol. The summed E-state index contributed by atoms with van der Waals surface area (Å²) in [5.41, 5.74) is 0.511. The smallest absolute Gasteiger partial charge is 0.240 e. The number of halogens is 1. The molecule has 102 valence electrons. The van der Waals surface area contributed by atoms with E-state index in [0.717, 1.165) is 6.42 Å². The molecule has 1 rings (SSSR count). The first kappa shape index (κ1) is 15.4. The number of nitrogens with one attached hydrogen (secondary N) is 1. The van der Waals surface area contributed by atoms with Crippen molar-refractivity contribution in [2.24, 2.45) is 0 Å². The van der Waals surface area contributed by atoms with Gasteiger partial charge in [0, 0.05) is 11.6 Å². The van der Waals surface area contributed by atoms with Crippen molar-refractivity contribution in [1.29, 1.82) is 0 Å². The van der Waals surface area contributed by atoms with Gasteiger partial charge in [0.1, 0.15) is 0 Å². The van der Waals surface area contributed by atoms with Crippen molar-refractivity contribution < 1.29 is 13.5 Å². The van der Waals surface area contributed by atoms with Gasteiger partial charge in [-0.1, -0.05) is 31.0 Å². The van der Waals surface area contributed by atoms with Crippen LogP contribution in [-0.2, 0) is 10.0 Å². The molecule has 1 atom stereocenters. The second-order valence-electron chi connectivity index (χ2n) is 4.16. The SMILES string of the molecule is CCCC(O)CNS(=O)(=O)c1cccc(Cl)c1C. The predicted molar refractivity (Wildman–Crippen MR) is 72.3 cm³/mol. The van der Waals surface area contributed by atoms with Gasteiger partial charge in [-0.15, -0.1) is 0 Å². The first-order valence-electron chi connectivity index (χ1n) is 5.81. The highest BCUT2D eigenvalue weighted by Gasteiger charge is 2.18. The van der Waals surface area contributed by atoms with Crippen molar-refractivity contribution >= 4 is 21.6 Å². The third-order valence-corrected chi connectivity index (χ3v) is 4.62. The Balaban J connectivity index is 2.84. The van der Waals surface area contributed by atoms with Gasteiger partial charge in [-0.05, 0) is 31.0 Å². The summed E-state index contributed by atoms with van der Waals surface area (Å²) in [6.07, 6.45) is 0.708. The number of aliphatic hydroxyl groups excluding tert-OH is 1. The van der Waals surface area contributed by atoms with Crippen LogP contribution in [0, 0.1) is 6.92 Å². The van der Waals surface area contributed by atoms with Gasteiger partial charge in [0.15, 0.2) is 0 Å². The van der Waals surface area contributed by atoms with Crippen molar-refractivity contribution in [2.45, 2.75) is 37.7 Å². The van der Waals surface area contributed by atoms with Crippen LogP contribution in [0.2, 0.25) is 5.02 Å². The molecule has 1 aromatic rings. The van der Waals surface area contributed by atoms with Gasteiger partial charge in [0.25, 0.3) is 0 Å². The van der Waals surface area contributed by atoms with E-state index >= 15 is 0 Å². The minimum absolute atomic E-state index is 0.0160. The normalized spacial score (nSPS) is 13.6. The molecule has 0 saturated carbocycles. The summed E-state index contributed by atoms with van der Waals surface area (Å²) in [7, 11) is -3.62. The van der Waals surface area contributed by atoms with Crippen LogP contribution in [0.15, 0.2) is 23.1 Å². The van der Waals surface area contributed by atoms with Crippen molar-refractivity contribution in [2.75, 3.05) is 6.54 Å². The second kappa shape index (κ2) is 6.52. The Hall–Kier alpha value is -0.620. The van der Waals surface area contributed by atoms with Gasteiger partial charge in [0.2, 0.25) is 10.0 Å². The minimum atomic E-state index is -3.62. The van der Waals surface area contributed by atoms with Crippen LogP contribution in [0.4, 0.5) is 0 Å². The van der Waals surface area contributed by atoms with Gasteiger partial charge < -0.3 is 5.11 Å². The summed E-state index contributed by atoms with van der Waals surface area (Å²) < 4.78 is 26.5. The molecule has 1 unspecified atom stereocenters. The van der Waals surface area contributed by atoms with E-state index in [0.29, 0.717) is 17.0 Å². The topological polar surface area (TPSA) is 66.4 Å². The Kier molecular flexibility index (Phi) is 5.59. The lowest BCUT2D eigenvalue weighted by Gasteiger charge is -2.13. The predicted octanol–water partition coefficient (Wildman–Crippen LogP) is 2.09. The van der Waals surface area contributed by atoms with Crippen molar-refractivity contribution in [3.05, 3.63) is 28.8 Å². The zero-order valence-corrected chi connectivity index (χ0v) is 12.1. The quantitative estimate of drug-likeness (QED) is 0.843. The maximum atomic E-state index is 12.0. The van der Waals surface area contributed by atoms with Crippen LogP contribution < -0.4 is 4.72 Å². The standard InChI is InChI=1S/C12H18ClNO3S/c1-3-5-10(15)8-14-18(16,17)12-7-4-6-11(13)9(12)2/h4,6-7,10,14-15H,3,5,8H2,1-2H3. The summed E-state index contributed by atoms with van der Waals surface area (Å²) in [6.45, 7) is 3.60. The number of rotatable bonds is 6. The molecule has 0 bridgehead atoms. The molecule has 0 fully saturated rings. The molecule has 0 amide bonds. The largest absolute Gasteiger partial charge is 0.392 e. The Morgan fingerprint density at radius 1 is 1.44 bits per heavy atom. The Labute approximate surface area is 113 Å². The summed E-state index contributed by atoms with van der Waals surface area (Å²) in [5, 5.41) is 9.94. The molecule has 18 heavy (non-hydrogen) atoms. The highest BCUT2D eigenvalue weighted by molar-refractivity contribution is 7.89. The average Bonchev–Trinajstić information content (AvgIpc) is 2.30. The third-order valence-electron chi connectivity index (χ3n) is 2.64. The summed E-state index contributed by atoms with van der Waals surface area (Å²) in [6, 6.07) is 4.73. The molecule has 0 aliphatic rings. The highest BCUT2D eigenvalue weighted by atomic mass is 35.5. The van der Waals surface area contributed by atoms with Crippen molar-refractivity contribution in [3.63, 3.8) is 0 Å². The van der Waals surface area contributed by atoms with Gasteiger partial charge >= 0.3 is 0 Å². The summed E-state index contributed by atoms with van der Waals surface area (Å²) in [4.78, 5) is 0.152. The van der Waals surface area contributed by atoms with Crippen LogP contribution in [0.25, 0.3) is 0 Å². The van der Waals surface area contributed by atoms with E-state index in [1.807, 2.05) is 6.92 Å². The summed E-state index contributed by atoms with van der Waals surface area (Å²) >= 11 is 5.89. The van der Waals surface area contributed by atoms with Crippen molar-refractivity contribution in [3.8, 4) is 0 Å². The maximum absolute atomic E-state index is 12.0. The molecule has 0 radical (unpaired) electrons. The average molecular weight is 292 g/mol. The molecular weight excluding hydrogens is 274 g/mol. The Morgan fingerprint density at radius 3 is 2.72 bits per heavy atom. The third kappa shape index (κ3) is 3.95. The fourth-order valence-corrected chi connectivity index (χ4v) is 3.17. The Morgan fingerprint density at radius 2 is 2.11 bits per heavy atom. The van der Waals surface area contributed by atoms with Gasteiger partial charge in [-0.25, -0.2) is 13.1 Å². The highest BCUT2D eigenvalue weighted by Crippen LogP contribution is 2.22. The first-order chi connectivity index (χ1) is 8.38. The lowest BCUT2D eigenvalue weighted by molar-refractivity contribution is 0.167. The minimum Gasteiger partial charge on any atom is -0.392 e. The lowest BCUT2D eigenvalue weighted by atomic mass is 10.2. The lowest BCUT2D eigenvalue weighted by Crippen LogP contribution is -2.32. The molecule has 2 N–H and O–H groups in total. The number of benzene rings is 1. The fraction of sp³-hybridized carbons (Fsp3) is 0.500. The molecule has 1 aromatic carbocycles. The van der Waals surface area contributed by atoms with E-state index in [2.05, 4.69) is 4.72 Å². The van der Waals surface area contributed by atoms with Crippen LogP contribution in [0.3, 0.4) is 0 Å². The van der Waals surface area contributed by atoms with Gasteiger partial charge in [-0.3, -0.25) is 0 Å². The zero-order valence-electron chi connectivity index (χ0n) is 10.5. The zero-order chi connectivity index (χ0) is 13.8. The molecule has 0 saturated heterocycles. The molecule has 0 aromatic heterocycles. The molecular formula is C12H18ClNO3S. The van der Waals surface area contributed by atoms with Crippen LogP contribution >= 0.6 is 11.6 Å². The molecule has 0 aliphatic carbocycles. The number of aliphatic hydroxyl groups is 1. The number of sulfonamides is 1. The van der Waals surface area contributed by atoms with Gasteiger partial charge in [0.05, 0.1) is 11.0 Å². The fourth-order valence-electron chi connectivity index (χ4n) is 1.60. The van der Waals surface area contributed by atoms with Crippen LogP contribution in [0.5, 0.6) is 0 Å². The molecule has 0 heterocycles. The molecule has 0 aliphatic heterocycles. The Bertz CT molecular complexity index is 502. The van der Waals surface area contributed by atoms with E-state index < -0.39 is 16.1 Å². The van der Waals surface area contributed by atoms with E-state index in [1.54, 1.807) is 19.1 Å². The summed E-state index contributed by atoms with van der Waals surface area (Å²) in [5.74, 6) is 0. The van der Waals surface area contributed by atoms with Crippen LogP contribution in [0.1, 0.15) is 25.3 Å². The van der Waals surface area contributed by atoms with Gasteiger partial charge in [-0.2, -0.15) is 0 Å². The van der Waals surface area contributed by atoms with E-state index in [4.69, 9.17) is 11.6 Å². The maximum Gasteiger partial charge on any atom is 0.240 e. The number of hydrogen-bond donors (Lipinski definition) is 2. The van der Waals surface area contributed by atoms with Crippen molar-refractivity contribution in [1.82, 2.24) is 4.72 Å². The second-order valence-corrected chi connectivity index (χ2v) is 6.30. The molecule has 6 heteroatoms. The molecule has 0 spiro atoms.